The molecule has 1 atom stereocenters. The van der Waals surface area contributed by atoms with Crippen molar-refractivity contribution in [1.29, 1.82) is 0 Å². The number of likely N-dealkylation sites (tertiary alicyclic amines) is 1. The first-order valence-electron chi connectivity index (χ1n) is 8.28. The highest BCUT2D eigenvalue weighted by molar-refractivity contribution is 8.00. The average Bonchev–Trinajstić information content (AvgIpc) is 3.07. The maximum absolute atomic E-state index is 12.5. The lowest BCUT2D eigenvalue weighted by Crippen LogP contribution is -2.49. The Morgan fingerprint density at radius 1 is 1.30 bits per heavy atom. The summed E-state index contributed by atoms with van der Waals surface area (Å²) in [5.41, 5.74) is 1.34. The van der Waals surface area contributed by atoms with Crippen LogP contribution in [0.5, 0.6) is 0 Å². The first-order chi connectivity index (χ1) is 11.0. The Morgan fingerprint density at radius 2 is 2.00 bits per heavy atom. The van der Waals surface area contributed by atoms with Crippen molar-refractivity contribution >= 4 is 23.4 Å². The molecular weight excluding hydrogens is 308 g/mol. The van der Waals surface area contributed by atoms with Crippen molar-refractivity contribution in [3.8, 4) is 0 Å². The normalized spacial score (nSPS) is 23.8. The molecule has 0 saturated carbocycles. The van der Waals surface area contributed by atoms with Gasteiger partial charge in [0.15, 0.2) is 0 Å². The minimum atomic E-state index is -0.616. The third-order valence-electron chi connectivity index (χ3n) is 4.64. The van der Waals surface area contributed by atoms with Crippen molar-refractivity contribution in [3.63, 3.8) is 0 Å². The molecule has 2 heterocycles. The predicted octanol–water partition coefficient (Wildman–Crippen LogP) is 3.69. The average molecular weight is 332 g/mol. The van der Waals surface area contributed by atoms with Crippen LogP contribution in [0.4, 0.5) is 0 Å². The van der Waals surface area contributed by atoms with Crippen LogP contribution in [0.2, 0.25) is 0 Å². The van der Waals surface area contributed by atoms with Crippen LogP contribution in [-0.2, 0) is 9.63 Å². The molecule has 4 nitrogen and oxygen atoms in total. The third kappa shape index (κ3) is 3.45. The van der Waals surface area contributed by atoms with E-state index < -0.39 is 5.54 Å². The number of carbonyl (C=O) groups excluding carboxylic acids is 1. The topological polar surface area (TPSA) is 41.9 Å². The van der Waals surface area contributed by atoms with E-state index in [2.05, 4.69) is 23.0 Å². The highest BCUT2D eigenvalue weighted by atomic mass is 32.2. The van der Waals surface area contributed by atoms with Gasteiger partial charge in [-0.2, -0.15) is 0 Å². The molecule has 23 heavy (non-hydrogen) atoms. The lowest BCUT2D eigenvalue weighted by Gasteiger charge is -2.31. The quantitative estimate of drug-likeness (QED) is 0.625. The summed E-state index contributed by atoms with van der Waals surface area (Å²) >= 11 is 1.85. The number of hydrogen-bond acceptors (Lipinski definition) is 5. The molecule has 1 saturated heterocycles. The van der Waals surface area contributed by atoms with Gasteiger partial charge in [0.1, 0.15) is 5.54 Å². The Balaban J connectivity index is 1.76. The summed E-state index contributed by atoms with van der Waals surface area (Å²) in [6.07, 6.45) is 3.11. The molecule has 1 aromatic rings. The maximum Gasteiger partial charge on any atom is 0.354 e. The molecule has 0 spiro atoms. The van der Waals surface area contributed by atoms with Gasteiger partial charge in [-0.15, -0.1) is 11.8 Å². The van der Waals surface area contributed by atoms with Crippen LogP contribution in [0.1, 0.15) is 45.6 Å². The predicted molar refractivity (Wildman–Crippen MR) is 93.9 cm³/mol. The minimum Gasteiger partial charge on any atom is -0.316 e. The molecular formula is C18H24N2O2S. The molecule has 0 amide bonds. The largest absolute Gasteiger partial charge is 0.354 e. The van der Waals surface area contributed by atoms with Crippen LogP contribution >= 0.6 is 11.8 Å². The number of oxime groups is 1. The lowest BCUT2D eigenvalue weighted by atomic mass is 10.0. The Morgan fingerprint density at radius 3 is 2.74 bits per heavy atom. The second-order valence-corrected chi connectivity index (χ2v) is 8.28. The monoisotopic (exact) mass is 332 g/mol. The fourth-order valence-electron chi connectivity index (χ4n) is 3.15. The van der Waals surface area contributed by atoms with Crippen LogP contribution < -0.4 is 0 Å². The number of benzene rings is 1. The number of hydrogen-bond donors (Lipinski definition) is 0. The molecule has 0 N–H and O–H groups in total. The molecule has 2 aliphatic heterocycles. The summed E-state index contributed by atoms with van der Waals surface area (Å²) in [6, 6.07) is 8.18. The molecule has 2 aliphatic rings. The van der Waals surface area contributed by atoms with Crippen molar-refractivity contribution in [2.45, 2.75) is 55.7 Å². The molecule has 0 aliphatic carbocycles. The van der Waals surface area contributed by atoms with Crippen molar-refractivity contribution in [3.05, 3.63) is 29.8 Å². The van der Waals surface area contributed by atoms with E-state index in [-0.39, 0.29) is 5.97 Å². The summed E-state index contributed by atoms with van der Waals surface area (Å²) in [7, 11) is 0. The van der Waals surface area contributed by atoms with E-state index in [0.29, 0.717) is 5.25 Å². The zero-order valence-corrected chi connectivity index (χ0v) is 14.9. The van der Waals surface area contributed by atoms with Crippen molar-refractivity contribution in [1.82, 2.24) is 4.90 Å². The number of carbonyl (C=O) groups is 1. The van der Waals surface area contributed by atoms with E-state index in [1.165, 1.54) is 4.90 Å². The van der Waals surface area contributed by atoms with E-state index >= 15 is 0 Å². The second-order valence-electron chi connectivity index (χ2n) is 6.80. The Hall–Kier alpha value is -1.33. The Labute approximate surface area is 142 Å². The zero-order chi connectivity index (χ0) is 16.4. The second kappa shape index (κ2) is 6.65. The number of rotatable bonds is 3. The fraction of sp³-hybridized carbons (Fsp3) is 0.556. The van der Waals surface area contributed by atoms with E-state index in [1.54, 1.807) is 0 Å². The minimum absolute atomic E-state index is 0.268. The summed E-state index contributed by atoms with van der Waals surface area (Å²) in [5.74, 6) is -0.268. The first kappa shape index (κ1) is 16.5. The third-order valence-corrected chi connectivity index (χ3v) is 5.82. The van der Waals surface area contributed by atoms with Gasteiger partial charge in [0.2, 0.25) is 0 Å². The molecule has 1 fully saturated rings. The molecule has 3 rings (SSSR count). The van der Waals surface area contributed by atoms with Crippen LogP contribution in [0.15, 0.2) is 34.3 Å². The van der Waals surface area contributed by atoms with E-state index in [9.17, 15) is 4.79 Å². The molecule has 0 bridgehead atoms. The molecule has 1 aromatic carbocycles. The van der Waals surface area contributed by atoms with Gasteiger partial charge in [-0.05, 0) is 45.8 Å². The van der Waals surface area contributed by atoms with Gasteiger partial charge in [-0.3, -0.25) is 4.90 Å². The van der Waals surface area contributed by atoms with Gasteiger partial charge in [0.25, 0.3) is 0 Å². The highest BCUT2D eigenvalue weighted by Crippen LogP contribution is 2.35. The molecule has 0 radical (unpaired) electrons. The van der Waals surface area contributed by atoms with E-state index in [0.717, 1.165) is 43.6 Å². The Kier molecular flexibility index (Phi) is 4.78. The van der Waals surface area contributed by atoms with Crippen molar-refractivity contribution < 1.29 is 9.63 Å². The SMILES string of the molecule is CC1C/C(=N\OC(=O)C(C)(C)N2CCCC2)c2ccccc2S1. The molecule has 1 unspecified atom stereocenters. The molecule has 5 heteroatoms. The van der Waals surface area contributed by atoms with Crippen LogP contribution in [0.25, 0.3) is 0 Å². The van der Waals surface area contributed by atoms with E-state index in [4.69, 9.17) is 4.84 Å². The smallest absolute Gasteiger partial charge is 0.316 e. The van der Waals surface area contributed by atoms with Gasteiger partial charge < -0.3 is 4.84 Å². The van der Waals surface area contributed by atoms with Crippen LogP contribution in [0.3, 0.4) is 0 Å². The standard InChI is InChI=1S/C18H24N2O2S/c1-13-12-15(14-8-4-5-9-16(14)23-13)19-22-17(21)18(2,3)20-10-6-7-11-20/h4-5,8-9,13H,6-7,10-12H2,1-3H3/b19-15+. The number of nitrogens with zero attached hydrogens (tertiary/aromatic N) is 2. The summed E-state index contributed by atoms with van der Waals surface area (Å²) in [4.78, 5) is 21.3. The van der Waals surface area contributed by atoms with Crippen LogP contribution in [0, 0.1) is 0 Å². The van der Waals surface area contributed by atoms with Gasteiger partial charge in [0.05, 0.1) is 5.71 Å². The zero-order valence-electron chi connectivity index (χ0n) is 14.0. The van der Waals surface area contributed by atoms with Crippen LogP contribution in [-0.4, -0.2) is 40.5 Å². The summed E-state index contributed by atoms with van der Waals surface area (Å²) in [6.45, 7) is 7.93. The Bertz CT molecular complexity index is 621. The number of fused-ring (bicyclic) bond motifs is 1. The summed E-state index contributed by atoms with van der Waals surface area (Å²) in [5, 5.41) is 4.68. The lowest BCUT2D eigenvalue weighted by molar-refractivity contribution is -0.155. The highest BCUT2D eigenvalue weighted by Gasteiger charge is 2.38. The molecule has 0 aromatic heterocycles. The summed E-state index contributed by atoms with van der Waals surface area (Å²) < 4.78 is 0. The fourth-order valence-corrected chi connectivity index (χ4v) is 4.29. The van der Waals surface area contributed by atoms with Gasteiger partial charge >= 0.3 is 5.97 Å². The van der Waals surface area contributed by atoms with Gasteiger partial charge in [-0.25, -0.2) is 4.79 Å². The maximum atomic E-state index is 12.5. The van der Waals surface area contributed by atoms with Crippen molar-refractivity contribution in [2.24, 2.45) is 5.16 Å². The molecule has 124 valence electrons. The number of thioether (sulfide) groups is 1. The van der Waals surface area contributed by atoms with Gasteiger partial charge in [0, 0.05) is 22.1 Å². The first-order valence-corrected chi connectivity index (χ1v) is 9.16. The van der Waals surface area contributed by atoms with E-state index in [1.807, 2.05) is 43.8 Å². The van der Waals surface area contributed by atoms with Crippen molar-refractivity contribution in [2.75, 3.05) is 13.1 Å². The van der Waals surface area contributed by atoms with Gasteiger partial charge in [-0.1, -0.05) is 30.3 Å².